The van der Waals surface area contributed by atoms with E-state index in [1.807, 2.05) is 12.1 Å². The predicted octanol–water partition coefficient (Wildman–Crippen LogP) is 3.72. The Balaban J connectivity index is 2.42. The summed E-state index contributed by atoms with van der Waals surface area (Å²) in [6, 6.07) is 7.37. The number of benzene rings is 1. The summed E-state index contributed by atoms with van der Waals surface area (Å²) < 4.78 is 38.0. The zero-order valence-corrected chi connectivity index (χ0v) is 11.2. The molecule has 0 aliphatic rings. The van der Waals surface area contributed by atoms with E-state index in [0.29, 0.717) is 5.56 Å². The fourth-order valence-electron chi connectivity index (χ4n) is 2.23. The summed E-state index contributed by atoms with van der Waals surface area (Å²) in [6.45, 7) is 1.69. The molecule has 1 heterocycles. The van der Waals surface area contributed by atoms with Gasteiger partial charge in [-0.15, -0.1) is 0 Å². The lowest BCUT2D eigenvalue weighted by Gasteiger charge is -2.20. The third kappa shape index (κ3) is 2.99. The highest BCUT2D eigenvalue weighted by atomic mass is 19.4. The number of nitrogens with one attached hydrogen (secondary N) is 1. The number of pyridine rings is 1. The second-order valence-corrected chi connectivity index (χ2v) is 4.57. The van der Waals surface area contributed by atoms with E-state index in [1.165, 1.54) is 12.1 Å². The molecule has 1 atom stereocenters. The van der Waals surface area contributed by atoms with Gasteiger partial charge >= 0.3 is 6.18 Å². The van der Waals surface area contributed by atoms with Gasteiger partial charge in [0.1, 0.15) is 0 Å². The lowest BCUT2D eigenvalue weighted by Crippen LogP contribution is -2.19. The Labute approximate surface area is 115 Å². The molecule has 0 radical (unpaired) electrons. The maximum absolute atomic E-state index is 12.7. The van der Waals surface area contributed by atoms with Gasteiger partial charge in [-0.2, -0.15) is 13.2 Å². The van der Waals surface area contributed by atoms with E-state index in [1.54, 1.807) is 26.4 Å². The van der Waals surface area contributed by atoms with Crippen LogP contribution in [0.2, 0.25) is 0 Å². The molecule has 2 rings (SSSR count). The zero-order chi connectivity index (χ0) is 14.8. The van der Waals surface area contributed by atoms with Crippen molar-refractivity contribution in [3.8, 4) is 0 Å². The third-order valence-corrected chi connectivity index (χ3v) is 3.24. The minimum Gasteiger partial charge on any atom is -0.309 e. The minimum absolute atomic E-state index is 0.153. The van der Waals surface area contributed by atoms with E-state index in [-0.39, 0.29) is 6.04 Å². The maximum Gasteiger partial charge on any atom is 0.416 e. The molecular weight excluding hydrogens is 265 g/mol. The monoisotopic (exact) mass is 280 g/mol. The molecule has 0 fully saturated rings. The molecule has 0 amide bonds. The van der Waals surface area contributed by atoms with Crippen LogP contribution in [0.15, 0.2) is 42.7 Å². The molecule has 0 aliphatic carbocycles. The number of hydrogen-bond acceptors (Lipinski definition) is 2. The summed E-state index contributed by atoms with van der Waals surface area (Å²) in [6.07, 6.45) is -0.979. The van der Waals surface area contributed by atoms with Gasteiger partial charge in [-0.25, -0.2) is 0 Å². The second-order valence-electron chi connectivity index (χ2n) is 4.57. The van der Waals surface area contributed by atoms with Crippen molar-refractivity contribution in [2.45, 2.75) is 19.1 Å². The van der Waals surface area contributed by atoms with Gasteiger partial charge in [0.25, 0.3) is 0 Å². The third-order valence-electron chi connectivity index (χ3n) is 3.24. The molecule has 0 saturated heterocycles. The van der Waals surface area contributed by atoms with Crippen molar-refractivity contribution in [1.82, 2.24) is 10.3 Å². The van der Waals surface area contributed by atoms with Crippen LogP contribution >= 0.6 is 0 Å². The van der Waals surface area contributed by atoms with Gasteiger partial charge in [-0.3, -0.25) is 4.98 Å². The number of alkyl halides is 3. The van der Waals surface area contributed by atoms with E-state index in [2.05, 4.69) is 10.3 Å². The van der Waals surface area contributed by atoms with Crippen molar-refractivity contribution in [2.75, 3.05) is 7.05 Å². The summed E-state index contributed by atoms with van der Waals surface area (Å²) >= 11 is 0. The maximum atomic E-state index is 12.7. The fraction of sp³-hybridized carbons (Fsp3) is 0.267. The Hall–Kier alpha value is -1.88. The normalized spacial score (nSPS) is 13.2. The minimum atomic E-state index is -4.31. The van der Waals surface area contributed by atoms with Gasteiger partial charge in [0.05, 0.1) is 11.6 Å². The Kier molecular flexibility index (Phi) is 4.09. The topological polar surface area (TPSA) is 24.9 Å². The van der Waals surface area contributed by atoms with Crippen LogP contribution in [0.4, 0.5) is 13.2 Å². The fourth-order valence-corrected chi connectivity index (χ4v) is 2.23. The SMILES string of the molecule is CNC(c1ccncc1)c1ccc(C(F)(F)F)cc1C. The van der Waals surface area contributed by atoms with Crippen LogP contribution in [0.5, 0.6) is 0 Å². The van der Waals surface area contributed by atoms with E-state index in [0.717, 1.165) is 17.2 Å². The molecule has 1 unspecified atom stereocenters. The molecule has 0 spiro atoms. The number of aryl methyl sites for hydroxylation is 1. The molecule has 1 aromatic carbocycles. The summed E-state index contributed by atoms with van der Waals surface area (Å²) in [5, 5.41) is 3.12. The van der Waals surface area contributed by atoms with Crippen molar-refractivity contribution in [3.05, 3.63) is 65.0 Å². The molecule has 20 heavy (non-hydrogen) atoms. The van der Waals surface area contributed by atoms with Gasteiger partial charge in [-0.1, -0.05) is 6.07 Å². The van der Waals surface area contributed by atoms with E-state index in [4.69, 9.17) is 0 Å². The molecule has 5 heteroatoms. The van der Waals surface area contributed by atoms with Gasteiger partial charge in [0, 0.05) is 12.4 Å². The number of hydrogen-bond donors (Lipinski definition) is 1. The smallest absolute Gasteiger partial charge is 0.309 e. The van der Waals surface area contributed by atoms with Crippen molar-refractivity contribution in [2.24, 2.45) is 0 Å². The Morgan fingerprint density at radius 1 is 1.10 bits per heavy atom. The zero-order valence-electron chi connectivity index (χ0n) is 11.2. The van der Waals surface area contributed by atoms with Gasteiger partial charge in [0.2, 0.25) is 0 Å². The number of halogens is 3. The second kappa shape index (κ2) is 5.63. The van der Waals surface area contributed by atoms with Gasteiger partial charge in [0.15, 0.2) is 0 Å². The van der Waals surface area contributed by atoms with Crippen molar-refractivity contribution in [3.63, 3.8) is 0 Å². The molecule has 1 N–H and O–H groups in total. The number of rotatable bonds is 3. The summed E-state index contributed by atoms with van der Waals surface area (Å²) in [5.41, 5.74) is 1.77. The van der Waals surface area contributed by atoms with Gasteiger partial charge < -0.3 is 5.32 Å². The van der Waals surface area contributed by atoms with E-state index < -0.39 is 11.7 Å². The lowest BCUT2D eigenvalue weighted by atomic mass is 9.94. The first-order chi connectivity index (χ1) is 9.43. The summed E-state index contributed by atoms with van der Waals surface area (Å²) in [4.78, 5) is 3.95. The molecule has 0 bridgehead atoms. The highest BCUT2D eigenvalue weighted by molar-refractivity contribution is 5.39. The molecule has 1 aromatic heterocycles. The Bertz CT molecular complexity index is 579. The Morgan fingerprint density at radius 2 is 1.75 bits per heavy atom. The molecular formula is C15H15F3N2. The molecule has 106 valence electrons. The van der Waals surface area contributed by atoms with Crippen LogP contribution in [-0.4, -0.2) is 12.0 Å². The molecule has 2 aromatic rings. The van der Waals surface area contributed by atoms with Crippen LogP contribution < -0.4 is 5.32 Å². The standard InChI is InChI=1S/C15H15F3N2/c1-10-9-12(15(16,17)18)3-4-13(10)14(19-2)11-5-7-20-8-6-11/h3-9,14,19H,1-2H3. The van der Waals surface area contributed by atoms with Crippen LogP contribution in [0.1, 0.15) is 28.3 Å². The average molecular weight is 280 g/mol. The first-order valence-electron chi connectivity index (χ1n) is 6.18. The lowest BCUT2D eigenvalue weighted by molar-refractivity contribution is -0.137. The highest BCUT2D eigenvalue weighted by Gasteiger charge is 2.31. The largest absolute Gasteiger partial charge is 0.416 e. The predicted molar refractivity (Wildman–Crippen MR) is 71.3 cm³/mol. The summed E-state index contributed by atoms with van der Waals surface area (Å²) in [5.74, 6) is 0. The van der Waals surface area contributed by atoms with Crippen molar-refractivity contribution < 1.29 is 13.2 Å². The summed E-state index contributed by atoms with van der Waals surface area (Å²) in [7, 11) is 1.78. The first-order valence-corrected chi connectivity index (χ1v) is 6.18. The van der Waals surface area contributed by atoms with Crippen LogP contribution in [0, 0.1) is 6.92 Å². The van der Waals surface area contributed by atoms with Crippen LogP contribution in [0.3, 0.4) is 0 Å². The van der Waals surface area contributed by atoms with E-state index >= 15 is 0 Å². The van der Waals surface area contributed by atoms with Crippen LogP contribution in [-0.2, 0) is 6.18 Å². The number of aromatic nitrogens is 1. The Morgan fingerprint density at radius 3 is 2.25 bits per heavy atom. The number of nitrogens with zero attached hydrogens (tertiary/aromatic N) is 1. The quantitative estimate of drug-likeness (QED) is 0.927. The average Bonchev–Trinajstić information content (AvgIpc) is 2.41. The van der Waals surface area contributed by atoms with Gasteiger partial charge in [-0.05, 0) is 54.9 Å². The van der Waals surface area contributed by atoms with Crippen molar-refractivity contribution in [1.29, 1.82) is 0 Å². The first kappa shape index (κ1) is 14.5. The molecule has 0 saturated carbocycles. The molecule has 0 aliphatic heterocycles. The van der Waals surface area contributed by atoms with E-state index in [9.17, 15) is 13.2 Å². The van der Waals surface area contributed by atoms with Crippen molar-refractivity contribution >= 4 is 0 Å². The molecule has 2 nitrogen and oxygen atoms in total. The van der Waals surface area contributed by atoms with Crippen LogP contribution in [0.25, 0.3) is 0 Å². The highest BCUT2D eigenvalue weighted by Crippen LogP contribution is 2.32.